The fourth-order valence-corrected chi connectivity index (χ4v) is 1.35. The van der Waals surface area contributed by atoms with Crippen molar-refractivity contribution in [1.82, 2.24) is 0 Å². The Labute approximate surface area is 104 Å². The van der Waals surface area contributed by atoms with E-state index in [-0.39, 0.29) is 29.6 Å². The van der Waals surface area contributed by atoms with E-state index in [1.54, 1.807) is 0 Å². The fourth-order valence-electron chi connectivity index (χ4n) is 1.35. The van der Waals surface area contributed by atoms with Crippen LogP contribution in [0.5, 0.6) is 0 Å². The van der Waals surface area contributed by atoms with Crippen LogP contribution in [0.1, 0.15) is 37.5 Å². The molecular weight excluding hydrogens is 167 g/mol. The summed E-state index contributed by atoms with van der Waals surface area (Å²) < 4.78 is 0. The topological polar surface area (TPSA) is 0 Å². The molecule has 13 heavy (non-hydrogen) atoms. The molecule has 1 rings (SSSR count). The van der Waals surface area contributed by atoms with Crippen molar-refractivity contribution in [2.24, 2.45) is 0 Å². The van der Waals surface area contributed by atoms with Gasteiger partial charge in [0.15, 0.2) is 0 Å². The van der Waals surface area contributed by atoms with Gasteiger partial charge in [-0.2, -0.15) is 0 Å². The van der Waals surface area contributed by atoms with Crippen LogP contribution in [0.4, 0.5) is 0 Å². The summed E-state index contributed by atoms with van der Waals surface area (Å²) in [7, 11) is 0. The van der Waals surface area contributed by atoms with Crippen LogP contribution in [-0.2, 0) is 19.3 Å². The Hall–Kier alpha value is 0.220. The van der Waals surface area contributed by atoms with E-state index in [2.05, 4.69) is 39.0 Å². The molecule has 0 heterocycles. The predicted octanol–water partition coefficient (Wildman–Crippen LogP) is 2.53. The van der Waals surface area contributed by atoms with E-state index in [9.17, 15) is 0 Å². The minimum atomic E-state index is 0. The summed E-state index contributed by atoms with van der Waals surface area (Å²) in [5.41, 5.74) is 4.15. The fraction of sp³-hybridized carbons (Fsp3) is 0.500. The van der Waals surface area contributed by atoms with E-state index in [0.717, 1.165) is 19.3 Å². The van der Waals surface area contributed by atoms with Gasteiger partial charge in [-0.15, -0.1) is 0 Å². The quantitative estimate of drug-likeness (QED) is 0.635. The Morgan fingerprint density at radius 1 is 0.923 bits per heavy atom. The standard InChI is InChI=1S/C12H17.Na.H/c1-4-10-7-11(5-2)9-12(6-3)8-10;;/h7-8H,4-6H2,1-3H3;;. The maximum atomic E-state index is 3.42. The van der Waals surface area contributed by atoms with Gasteiger partial charge in [-0.3, -0.25) is 0 Å². The SMILES string of the molecule is CCc1[c]c(CC)cc(CC)c1.[NaH]. The summed E-state index contributed by atoms with van der Waals surface area (Å²) in [5.74, 6) is 0. The van der Waals surface area contributed by atoms with Crippen molar-refractivity contribution in [2.45, 2.75) is 40.0 Å². The minimum absolute atomic E-state index is 0. The van der Waals surface area contributed by atoms with E-state index >= 15 is 0 Å². The van der Waals surface area contributed by atoms with Gasteiger partial charge in [0.05, 0.1) is 0 Å². The molecule has 0 saturated carbocycles. The van der Waals surface area contributed by atoms with E-state index in [4.69, 9.17) is 0 Å². The van der Waals surface area contributed by atoms with Gasteiger partial charge in [0.25, 0.3) is 0 Å². The van der Waals surface area contributed by atoms with Crippen molar-refractivity contribution in [2.75, 3.05) is 0 Å². The monoisotopic (exact) mass is 185 g/mol. The summed E-state index contributed by atoms with van der Waals surface area (Å²) in [6, 6.07) is 7.94. The molecule has 0 atom stereocenters. The first-order valence-electron chi connectivity index (χ1n) is 4.84. The van der Waals surface area contributed by atoms with Crippen LogP contribution < -0.4 is 0 Å². The molecule has 67 valence electrons. The predicted molar refractivity (Wildman–Crippen MR) is 60.6 cm³/mol. The van der Waals surface area contributed by atoms with Crippen LogP contribution in [0.15, 0.2) is 12.1 Å². The Bertz CT molecular complexity index is 198. The summed E-state index contributed by atoms with van der Waals surface area (Å²) in [6.07, 6.45) is 3.33. The van der Waals surface area contributed by atoms with Gasteiger partial charge in [0.1, 0.15) is 0 Å². The molecular formula is C12H18Na. The summed E-state index contributed by atoms with van der Waals surface area (Å²) in [5, 5.41) is 0. The van der Waals surface area contributed by atoms with Gasteiger partial charge in [0, 0.05) is 0 Å². The van der Waals surface area contributed by atoms with Crippen LogP contribution in [0, 0.1) is 6.07 Å². The Kier molecular flexibility index (Phi) is 6.75. The Morgan fingerprint density at radius 2 is 1.38 bits per heavy atom. The van der Waals surface area contributed by atoms with E-state index in [0.29, 0.717) is 0 Å². The molecule has 0 spiro atoms. The third-order valence-electron chi connectivity index (χ3n) is 2.21. The van der Waals surface area contributed by atoms with Gasteiger partial charge in [-0.05, 0) is 42.0 Å². The first-order chi connectivity index (χ1) is 5.80. The first kappa shape index (κ1) is 13.2. The Morgan fingerprint density at radius 3 is 1.69 bits per heavy atom. The van der Waals surface area contributed by atoms with Crippen molar-refractivity contribution in [3.63, 3.8) is 0 Å². The van der Waals surface area contributed by atoms with Crippen molar-refractivity contribution in [3.8, 4) is 0 Å². The molecule has 0 amide bonds. The molecule has 1 aromatic rings. The molecule has 0 saturated heterocycles. The molecule has 1 aromatic carbocycles. The molecule has 1 heteroatoms. The van der Waals surface area contributed by atoms with E-state index < -0.39 is 0 Å². The van der Waals surface area contributed by atoms with E-state index in [1.807, 2.05) is 0 Å². The van der Waals surface area contributed by atoms with E-state index in [1.165, 1.54) is 16.7 Å². The second-order valence-corrected chi connectivity index (χ2v) is 3.10. The maximum absolute atomic E-state index is 3.42. The van der Waals surface area contributed by atoms with Crippen molar-refractivity contribution in [1.29, 1.82) is 0 Å². The number of aryl methyl sites for hydroxylation is 3. The van der Waals surface area contributed by atoms with Gasteiger partial charge in [-0.1, -0.05) is 32.9 Å². The summed E-state index contributed by atoms with van der Waals surface area (Å²) in [4.78, 5) is 0. The zero-order valence-corrected chi connectivity index (χ0v) is 8.28. The second-order valence-electron chi connectivity index (χ2n) is 3.10. The zero-order chi connectivity index (χ0) is 8.97. The number of hydrogen-bond acceptors (Lipinski definition) is 0. The Balaban J connectivity index is 0.00000144. The zero-order valence-electron chi connectivity index (χ0n) is 8.28. The average molecular weight is 185 g/mol. The number of hydrogen-bond donors (Lipinski definition) is 0. The molecule has 0 aromatic heterocycles. The average Bonchev–Trinajstić information content (AvgIpc) is 2.16. The van der Waals surface area contributed by atoms with Crippen LogP contribution in [-0.4, -0.2) is 29.6 Å². The molecule has 0 fully saturated rings. The molecule has 0 bridgehead atoms. The third kappa shape index (κ3) is 3.84. The molecule has 0 unspecified atom stereocenters. The number of rotatable bonds is 3. The van der Waals surface area contributed by atoms with Crippen molar-refractivity contribution < 1.29 is 0 Å². The van der Waals surface area contributed by atoms with Gasteiger partial charge < -0.3 is 0 Å². The van der Waals surface area contributed by atoms with Crippen molar-refractivity contribution >= 4 is 29.6 Å². The van der Waals surface area contributed by atoms with Gasteiger partial charge >= 0.3 is 29.6 Å². The molecule has 0 N–H and O–H groups in total. The number of benzene rings is 1. The van der Waals surface area contributed by atoms with Crippen LogP contribution in [0.2, 0.25) is 0 Å². The molecule has 0 aliphatic rings. The second kappa shape index (κ2) is 6.64. The normalized spacial score (nSPS) is 9.46. The van der Waals surface area contributed by atoms with Gasteiger partial charge in [0.2, 0.25) is 0 Å². The molecule has 0 aliphatic heterocycles. The van der Waals surface area contributed by atoms with Gasteiger partial charge in [-0.25, -0.2) is 0 Å². The van der Waals surface area contributed by atoms with Crippen LogP contribution in [0.3, 0.4) is 0 Å². The first-order valence-corrected chi connectivity index (χ1v) is 4.84. The molecule has 0 aliphatic carbocycles. The van der Waals surface area contributed by atoms with Crippen LogP contribution in [0.25, 0.3) is 0 Å². The molecule has 0 nitrogen and oxygen atoms in total. The van der Waals surface area contributed by atoms with Crippen LogP contribution >= 0.6 is 0 Å². The summed E-state index contributed by atoms with van der Waals surface area (Å²) >= 11 is 0. The third-order valence-corrected chi connectivity index (χ3v) is 2.21. The molecule has 1 radical (unpaired) electrons. The summed E-state index contributed by atoms with van der Waals surface area (Å²) in [6.45, 7) is 6.57. The van der Waals surface area contributed by atoms with Crippen molar-refractivity contribution in [3.05, 3.63) is 34.9 Å².